The van der Waals surface area contributed by atoms with Gasteiger partial charge in [-0.25, -0.2) is 0 Å². The van der Waals surface area contributed by atoms with Gasteiger partial charge in [0, 0.05) is 29.6 Å². The molecule has 0 saturated heterocycles. The summed E-state index contributed by atoms with van der Waals surface area (Å²) in [4.78, 5) is 4.69. The van der Waals surface area contributed by atoms with Gasteiger partial charge in [0.1, 0.15) is 0 Å². The molecular formula is C29H27NS. The van der Waals surface area contributed by atoms with Crippen molar-refractivity contribution in [1.29, 1.82) is 0 Å². The monoisotopic (exact) mass is 421 g/mol. The van der Waals surface area contributed by atoms with E-state index in [0.29, 0.717) is 0 Å². The molecule has 0 bridgehead atoms. The van der Waals surface area contributed by atoms with E-state index in [2.05, 4.69) is 134 Å². The Morgan fingerprint density at radius 1 is 0.742 bits per heavy atom. The third-order valence-electron chi connectivity index (χ3n) is 5.15. The maximum atomic E-state index is 2.31. The Hall–Kier alpha value is -3.23. The summed E-state index contributed by atoms with van der Waals surface area (Å²) in [7, 11) is 4.13. The first kappa shape index (κ1) is 21.0. The van der Waals surface area contributed by atoms with Gasteiger partial charge in [-0.1, -0.05) is 103 Å². The van der Waals surface area contributed by atoms with E-state index in [1.54, 1.807) is 0 Å². The van der Waals surface area contributed by atoms with E-state index >= 15 is 0 Å². The normalized spacial score (nSPS) is 15.1. The fourth-order valence-corrected chi connectivity index (χ4v) is 4.50. The maximum absolute atomic E-state index is 2.31. The molecule has 0 aromatic heterocycles. The van der Waals surface area contributed by atoms with E-state index in [0.717, 1.165) is 6.42 Å². The first-order chi connectivity index (χ1) is 15.2. The van der Waals surface area contributed by atoms with Gasteiger partial charge in [-0.3, -0.25) is 0 Å². The lowest BCUT2D eigenvalue weighted by atomic mass is 10.0. The Morgan fingerprint density at radius 2 is 1.39 bits per heavy atom. The lowest BCUT2D eigenvalue weighted by Crippen LogP contribution is -2.07. The van der Waals surface area contributed by atoms with Crippen LogP contribution in [0.1, 0.15) is 23.1 Å². The van der Waals surface area contributed by atoms with Gasteiger partial charge in [-0.05, 0) is 53.0 Å². The molecule has 1 heterocycles. The zero-order valence-corrected chi connectivity index (χ0v) is 18.8. The first-order valence-corrected chi connectivity index (χ1v) is 11.4. The van der Waals surface area contributed by atoms with Gasteiger partial charge in [0.05, 0.1) is 0 Å². The van der Waals surface area contributed by atoms with Gasteiger partial charge in [-0.15, -0.1) is 0 Å². The SMILES string of the molecule is CN(C)c1ccc(C=CCC=C2C=C(c3ccccc3)C=C(c3ccccc3)S2)cc1. The van der Waals surface area contributed by atoms with Crippen molar-refractivity contribution in [3.63, 3.8) is 0 Å². The van der Waals surface area contributed by atoms with Crippen molar-refractivity contribution in [1.82, 2.24) is 0 Å². The van der Waals surface area contributed by atoms with Crippen LogP contribution in [-0.4, -0.2) is 14.1 Å². The summed E-state index contributed by atoms with van der Waals surface area (Å²) in [6, 6.07) is 29.9. The van der Waals surface area contributed by atoms with Crippen molar-refractivity contribution in [2.45, 2.75) is 6.42 Å². The van der Waals surface area contributed by atoms with Gasteiger partial charge >= 0.3 is 0 Å². The summed E-state index contributed by atoms with van der Waals surface area (Å²) in [5.41, 5.74) is 6.21. The molecule has 0 spiro atoms. The molecule has 0 atom stereocenters. The van der Waals surface area contributed by atoms with Crippen molar-refractivity contribution in [3.8, 4) is 0 Å². The third-order valence-corrected chi connectivity index (χ3v) is 6.25. The van der Waals surface area contributed by atoms with E-state index in [1.165, 1.54) is 37.8 Å². The van der Waals surface area contributed by atoms with Crippen molar-refractivity contribution in [3.05, 3.63) is 131 Å². The first-order valence-electron chi connectivity index (χ1n) is 10.6. The van der Waals surface area contributed by atoms with Crippen LogP contribution in [-0.2, 0) is 0 Å². The number of rotatable bonds is 6. The zero-order chi connectivity index (χ0) is 21.5. The second-order valence-electron chi connectivity index (χ2n) is 7.67. The smallest absolute Gasteiger partial charge is 0.0361 e. The molecule has 31 heavy (non-hydrogen) atoms. The largest absolute Gasteiger partial charge is 0.378 e. The zero-order valence-electron chi connectivity index (χ0n) is 18.0. The average Bonchev–Trinajstić information content (AvgIpc) is 2.83. The second kappa shape index (κ2) is 10.2. The van der Waals surface area contributed by atoms with E-state index in [9.17, 15) is 0 Å². The van der Waals surface area contributed by atoms with Gasteiger partial charge in [0.25, 0.3) is 0 Å². The minimum absolute atomic E-state index is 0.901. The molecule has 154 valence electrons. The Labute approximate surface area is 190 Å². The highest BCUT2D eigenvalue weighted by molar-refractivity contribution is 8.12. The van der Waals surface area contributed by atoms with E-state index in [4.69, 9.17) is 0 Å². The number of thioether (sulfide) groups is 1. The number of hydrogen-bond donors (Lipinski definition) is 0. The fourth-order valence-electron chi connectivity index (χ4n) is 3.44. The predicted molar refractivity (Wildman–Crippen MR) is 139 cm³/mol. The molecule has 0 N–H and O–H groups in total. The highest BCUT2D eigenvalue weighted by atomic mass is 32.2. The minimum Gasteiger partial charge on any atom is -0.378 e. The van der Waals surface area contributed by atoms with Gasteiger partial charge in [0.2, 0.25) is 0 Å². The van der Waals surface area contributed by atoms with Crippen LogP contribution < -0.4 is 4.90 Å². The van der Waals surface area contributed by atoms with Gasteiger partial charge in [-0.2, -0.15) is 0 Å². The van der Waals surface area contributed by atoms with Crippen molar-refractivity contribution >= 4 is 34.0 Å². The summed E-state index contributed by atoms with van der Waals surface area (Å²) >= 11 is 1.84. The van der Waals surface area contributed by atoms with Gasteiger partial charge < -0.3 is 4.90 Å². The molecule has 3 aromatic carbocycles. The highest BCUT2D eigenvalue weighted by Crippen LogP contribution is 2.42. The Morgan fingerprint density at radius 3 is 2.03 bits per heavy atom. The van der Waals surface area contributed by atoms with Crippen LogP contribution in [0.5, 0.6) is 0 Å². The van der Waals surface area contributed by atoms with Crippen LogP contribution in [0.25, 0.3) is 16.6 Å². The predicted octanol–water partition coefficient (Wildman–Crippen LogP) is 7.91. The van der Waals surface area contributed by atoms with Crippen molar-refractivity contribution in [2.24, 2.45) is 0 Å². The molecule has 0 unspecified atom stereocenters. The second-order valence-corrected chi connectivity index (χ2v) is 8.79. The highest BCUT2D eigenvalue weighted by Gasteiger charge is 2.13. The van der Waals surface area contributed by atoms with Crippen LogP contribution in [0.4, 0.5) is 5.69 Å². The van der Waals surface area contributed by atoms with Crippen LogP contribution in [0.15, 0.2) is 114 Å². The minimum atomic E-state index is 0.901. The Balaban J connectivity index is 1.53. The molecule has 1 nitrogen and oxygen atoms in total. The van der Waals surface area contributed by atoms with Gasteiger partial charge in [0.15, 0.2) is 0 Å². The maximum Gasteiger partial charge on any atom is 0.0361 e. The molecular weight excluding hydrogens is 394 g/mol. The lowest BCUT2D eigenvalue weighted by Gasteiger charge is -2.16. The van der Waals surface area contributed by atoms with E-state index < -0.39 is 0 Å². The van der Waals surface area contributed by atoms with E-state index in [1.807, 2.05) is 11.8 Å². The van der Waals surface area contributed by atoms with Crippen molar-refractivity contribution < 1.29 is 0 Å². The molecule has 0 amide bonds. The number of hydrogen-bond acceptors (Lipinski definition) is 2. The van der Waals surface area contributed by atoms with Crippen molar-refractivity contribution in [2.75, 3.05) is 19.0 Å². The molecule has 4 rings (SSSR count). The van der Waals surface area contributed by atoms with Crippen LogP contribution in [0, 0.1) is 0 Å². The Kier molecular flexibility index (Phi) is 6.91. The summed E-state index contributed by atoms with van der Waals surface area (Å²) < 4.78 is 0. The average molecular weight is 422 g/mol. The topological polar surface area (TPSA) is 3.24 Å². The number of benzene rings is 3. The number of anilines is 1. The summed E-state index contributed by atoms with van der Waals surface area (Å²) in [5.74, 6) is 0. The fraction of sp³-hybridized carbons (Fsp3) is 0.103. The summed E-state index contributed by atoms with van der Waals surface area (Å²) in [5, 5.41) is 0. The summed E-state index contributed by atoms with van der Waals surface area (Å²) in [6.45, 7) is 0. The molecule has 0 saturated carbocycles. The van der Waals surface area contributed by atoms with Crippen LogP contribution in [0.3, 0.4) is 0 Å². The van der Waals surface area contributed by atoms with E-state index in [-0.39, 0.29) is 0 Å². The quantitative estimate of drug-likeness (QED) is 0.398. The standard InChI is InChI=1S/C29H27NS/c1-30(2)27-19-17-23(18-20-27)11-9-10-16-28-21-26(24-12-5-3-6-13-24)22-29(31-28)25-14-7-4-8-15-25/h3-9,11-22H,10H2,1-2H3. The number of allylic oxidation sites excluding steroid dienone is 5. The molecule has 1 aliphatic rings. The third kappa shape index (κ3) is 5.68. The summed E-state index contributed by atoms with van der Waals surface area (Å²) in [6.07, 6.45) is 12.2. The molecule has 1 aliphatic heterocycles. The molecule has 0 aliphatic carbocycles. The molecule has 2 heteroatoms. The lowest BCUT2D eigenvalue weighted by molar-refractivity contribution is 1.13. The van der Waals surface area contributed by atoms with Crippen LogP contribution in [0.2, 0.25) is 0 Å². The molecule has 0 radical (unpaired) electrons. The Bertz CT molecular complexity index is 1120. The molecule has 0 fully saturated rings. The number of nitrogens with zero attached hydrogens (tertiary/aromatic N) is 1. The van der Waals surface area contributed by atoms with Crippen LogP contribution >= 0.6 is 11.8 Å². The molecule has 3 aromatic rings.